The van der Waals surface area contributed by atoms with Crippen molar-refractivity contribution in [2.75, 3.05) is 12.3 Å². The number of carbonyl (C=O) groups is 2. The lowest BCUT2D eigenvalue weighted by molar-refractivity contribution is -0.120. The third kappa shape index (κ3) is 5.57. The van der Waals surface area contributed by atoms with E-state index in [9.17, 15) is 18.0 Å². The zero-order valence-corrected chi connectivity index (χ0v) is 13.6. The Morgan fingerprint density at radius 2 is 1.82 bits per heavy atom. The molecule has 2 aliphatic rings. The molecule has 0 spiro atoms. The van der Waals surface area contributed by atoms with Gasteiger partial charge in [-0.1, -0.05) is 32.1 Å². The van der Waals surface area contributed by atoms with Crippen LogP contribution in [0.1, 0.15) is 51.4 Å². The smallest absolute Gasteiger partial charge is 0.322 e. The summed E-state index contributed by atoms with van der Waals surface area (Å²) in [7, 11) is -3.39. The summed E-state index contributed by atoms with van der Waals surface area (Å²) in [6.45, 7) is 0.446. The normalized spacial score (nSPS) is 23.4. The minimum absolute atomic E-state index is 0.0928. The lowest BCUT2D eigenvalue weighted by Gasteiger charge is -2.21. The van der Waals surface area contributed by atoms with E-state index in [-0.39, 0.29) is 12.2 Å². The molecule has 1 unspecified atom stereocenters. The Morgan fingerprint density at radius 3 is 2.45 bits per heavy atom. The molecule has 1 aliphatic carbocycles. The summed E-state index contributed by atoms with van der Waals surface area (Å²) in [6, 6.07) is -1.31. The van der Waals surface area contributed by atoms with Crippen molar-refractivity contribution in [3.05, 3.63) is 0 Å². The van der Waals surface area contributed by atoms with Crippen molar-refractivity contribution in [3.8, 4) is 0 Å². The van der Waals surface area contributed by atoms with Gasteiger partial charge in [-0.2, -0.15) is 0 Å². The van der Waals surface area contributed by atoms with Crippen LogP contribution in [0.4, 0.5) is 4.79 Å². The molecule has 1 heterocycles. The van der Waals surface area contributed by atoms with E-state index < -0.39 is 28.0 Å². The Bertz CT molecular complexity index is 500. The van der Waals surface area contributed by atoms with Gasteiger partial charge in [-0.15, -0.1) is 0 Å². The molecule has 2 rings (SSSR count). The van der Waals surface area contributed by atoms with Gasteiger partial charge in [0.1, 0.15) is 6.04 Å². The van der Waals surface area contributed by atoms with E-state index in [2.05, 4.69) is 15.4 Å². The first-order chi connectivity index (χ1) is 10.5. The summed E-state index contributed by atoms with van der Waals surface area (Å²) in [5.41, 5.74) is 0. The SMILES string of the molecule is O=C1NC(=O)C(CCS(=O)(=O)NCCCC2CCCCC2)N1. The van der Waals surface area contributed by atoms with Gasteiger partial charge in [-0.25, -0.2) is 17.9 Å². The van der Waals surface area contributed by atoms with E-state index in [4.69, 9.17) is 0 Å². The van der Waals surface area contributed by atoms with Gasteiger partial charge in [-0.3, -0.25) is 10.1 Å². The Morgan fingerprint density at radius 1 is 1.09 bits per heavy atom. The number of nitrogens with one attached hydrogen (secondary N) is 3. The fraction of sp³-hybridized carbons (Fsp3) is 0.857. The van der Waals surface area contributed by atoms with Crippen LogP contribution in [0.25, 0.3) is 0 Å². The first-order valence-electron chi connectivity index (χ1n) is 8.05. The van der Waals surface area contributed by atoms with Crippen molar-refractivity contribution in [3.63, 3.8) is 0 Å². The Hall–Kier alpha value is -1.15. The molecule has 0 radical (unpaired) electrons. The molecule has 22 heavy (non-hydrogen) atoms. The number of imide groups is 1. The summed E-state index contributed by atoms with van der Waals surface area (Å²) >= 11 is 0. The Balaban J connectivity index is 1.61. The minimum Gasteiger partial charge on any atom is -0.326 e. The van der Waals surface area contributed by atoms with E-state index in [1.165, 1.54) is 32.1 Å². The van der Waals surface area contributed by atoms with Crippen LogP contribution in [0.15, 0.2) is 0 Å². The molecule has 1 saturated carbocycles. The van der Waals surface area contributed by atoms with Crippen LogP contribution >= 0.6 is 0 Å². The molecular weight excluding hydrogens is 306 g/mol. The fourth-order valence-electron chi connectivity index (χ4n) is 3.10. The predicted molar refractivity (Wildman–Crippen MR) is 82.7 cm³/mol. The van der Waals surface area contributed by atoms with E-state index in [1.54, 1.807) is 0 Å². The zero-order chi connectivity index (χ0) is 16.0. The molecule has 1 aliphatic heterocycles. The molecular formula is C14H25N3O4S. The van der Waals surface area contributed by atoms with Crippen LogP contribution < -0.4 is 15.4 Å². The highest BCUT2D eigenvalue weighted by Gasteiger charge is 2.30. The summed E-state index contributed by atoms with van der Waals surface area (Å²) in [5.74, 6) is 0.127. The first kappa shape index (κ1) is 17.2. The zero-order valence-electron chi connectivity index (χ0n) is 12.8. The molecule has 8 heteroatoms. The molecule has 0 aromatic rings. The Kier molecular flexibility index (Phi) is 6.19. The average Bonchev–Trinajstić information content (AvgIpc) is 2.81. The molecule has 1 atom stereocenters. The maximum Gasteiger partial charge on any atom is 0.322 e. The third-order valence-corrected chi connectivity index (χ3v) is 5.79. The summed E-state index contributed by atoms with van der Waals surface area (Å²) in [4.78, 5) is 22.3. The van der Waals surface area contributed by atoms with Crippen molar-refractivity contribution >= 4 is 22.0 Å². The molecule has 7 nitrogen and oxygen atoms in total. The molecule has 126 valence electrons. The van der Waals surface area contributed by atoms with Crippen LogP contribution in [0, 0.1) is 5.92 Å². The van der Waals surface area contributed by atoms with Crippen molar-refractivity contribution in [2.24, 2.45) is 5.92 Å². The number of carbonyl (C=O) groups excluding carboxylic acids is 2. The fourth-order valence-corrected chi connectivity index (χ4v) is 4.25. The van der Waals surface area contributed by atoms with Crippen LogP contribution in [0.5, 0.6) is 0 Å². The van der Waals surface area contributed by atoms with E-state index in [1.807, 2.05) is 0 Å². The highest BCUT2D eigenvalue weighted by atomic mass is 32.2. The first-order valence-corrected chi connectivity index (χ1v) is 9.70. The van der Waals surface area contributed by atoms with Crippen molar-refractivity contribution < 1.29 is 18.0 Å². The monoisotopic (exact) mass is 331 g/mol. The number of hydrogen-bond acceptors (Lipinski definition) is 4. The summed E-state index contributed by atoms with van der Waals surface area (Å²) in [6.07, 6.45) is 8.47. The van der Waals surface area contributed by atoms with Gasteiger partial charge in [0.2, 0.25) is 10.0 Å². The molecule has 3 N–H and O–H groups in total. The minimum atomic E-state index is -3.39. The predicted octanol–water partition coefficient (Wildman–Crippen LogP) is 0.864. The van der Waals surface area contributed by atoms with Gasteiger partial charge in [0.15, 0.2) is 0 Å². The number of rotatable bonds is 8. The number of urea groups is 1. The second-order valence-electron chi connectivity index (χ2n) is 6.16. The Labute approximate surface area is 131 Å². The van der Waals surface area contributed by atoms with Crippen LogP contribution in [0.3, 0.4) is 0 Å². The van der Waals surface area contributed by atoms with Crippen molar-refractivity contribution in [2.45, 2.75) is 57.4 Å². The van der Waals surface area contributed by atoms with Gasteiger partial charge in [0, 0.05) is 6.54 Å². The second kappa shape index (κ2) is 7.92. The van der Waals surface area contributed by atoms with Gasteiger partial charge < -0.3 is 5.32 Å². The van der Waals surface area contributed by atoms with Crippen LogP contribution in [-0.2, 0) is 14.8 Å². The highest BCUT2D eigenvalue weighted by Crippen LogP contribution is 2.26. The summed E-state index contributed by atoms with van der Waals surface area (Å²) in [5, 5.41) is 4.48. The molecule has 3 amide bonds. The van der Waals surface area contributed by atoms with Crippen LogP contribution in [-0.4, -0.2) is 38.7 Å². The maximum absolute atomic E-state index is 11.9. The van der Waals surface area contributed by atoms with Gasteiger partial charge >= 0.3 is 6.03 Å². The van der Waals surface area contributed by atoms with Crippen LogP contribution in [0.2, 0.25) is 0 Å². The van der Waals surface area contributed by atoms with E-state index in [0.29, 0.717) is 6.54 Å². The van der Waals surface area contributed by atoms with Gasteiger partial charge in [-0.05, 0) is 25.2 Å². The topological polar surface area (TPSA) is 104 Å². The second-order valence-corrected chi connectivity index (χ2v) is 8.09. The molecule has 0 aromatic carbocycles. The van der Waals surface area contributed by atoms with Crippen molar-refractivity contribution in [1.29, 1.82) is 0 Å². The van der Waals surface area contributed by atoms with E-state index >= 15 is 0 Å². The van der Waals surface area contributed by atoms with Gasteiger partial charge in [0.05, 0.1) is 5.75 Å². The lowest BCUT2D eigenvalue weighted by atomic mass is 9.86. The summed E-state index contributed by atoms with van der Waals surface area (Å²) < 4.78 is 26.3. The maximum atomic E-state index is 11.9. The largest absolute Gasteiger partial charge is 0.326 e. The van der Waals surface area contributed by atoms with Crippen molar-refractivity contribution in [1.82, 2.24) is 15.4 Å². The third-order valence-electron chi connectivity index (χ3n) is 4.37. The standard InChI is InChI=1S/C14H25N3O4S/c18-13-12(16-14(19)17-13)8-10-22(20,21)15-9-4-7-11-5-2-1-3-6-11/h11-12,15H,1-10H2,(H2,16,17,18,19). The quantitative estimate of drug-likeness (QED) is 0.453. The number of amides is 3. The van der Waals surface area contributed by atoms with E-state index in [0.717, 1.165) is 18.8 Å². The average molecular weight is 331 g/mol. The molecule has 0 bridgehead atoms. The highest BCUT2D eigenvalue weighted by molar-refractivity contribution is 7.89. The molecule has 2 fully saturated rings. The molecule has 0 aromatic heterocycles. The lowest BCUT2D eigenvalue weighted by Crippen LogP contribution is -2.34. The number of sulfonamides is 1. The van der Waals surface area contributed by atoms with Gasteiger partial charge in [0.25, 0.3) is 5.91 Å². The molecule has 1 saturated heterocycles. The number of hydrogen-bond donors (Lipinski definition) is 3.